The van der Waals surface area contributed by atoms with Crippen LogP contribution in [0, 0.1) is 22.7 Å². The standard InChI is InChI=1S/C25H24N4O3/c26-14-19-4-2-1-3-17(19)12-23(30)29-9-6-25(7-10-29)13-20(25)15-28-24(31)21-11-18-5-8-27-16-22(18)32-21/h1-5,8,11,16,20H,6-7,9-10,12-13,15H2,(H,28,31). The summed E-state index contributed by atoms with van der Waals surface area (Å²) >= 11 is 0. The van der Waals surface area contributed by atoms with Gasteiger partial charge in [0.25, 0.3) is 5.91 Å². The summed E-state index contributed by atoms with van der Waals surface area (Å²) in [6.07, 6.45) is 6.54. The highest BCUT2D eigenvalue weighted by atomic mass is 16.3. The summed E-state index contributed by atoms with van der Waals surface area (Å²) in [6.45, 7) is 2.08. The van der Waals surface area contributed by atoms with Crippen LogP contribution in [0.3, 0.4) is 0 Å². The van der Waals surface area contributed by atoms with E-state index < -0.39 is 0 Å². The van der Waals surface area contributed by atoms with Crippen molar-refractivity contribution >= 4 is 22.8 Å². The van der Waals surface area contributed by atoms with Crippen LogP contribution in [0.15, 0.2) is 53.2 Å². The molecule has 162 valence electrons. The first-order valence-corrected chi connectivity index (χ1v) is 11.0. The molecule has 2 aromatic heterocycles. The van der Waals surface area contributed by atoms with Crippen LogP contribution < -0.4 is 5.32 Å². The number of hydrogen-bond acceptors (Lipinski definition) is 5. The predicted molar refractivity (Wildman–Crippen MR) is 118 cm³/mol. The SMILES string of the molecule is N#Cc1ccccc1CC(=O)N1CCC2(CC1)CC2CNC(=O)c1cc2ccncc2o1. The van der Waals surface area contributed by atoms with E-state index in [1.807, 2.05) is 29.2 Å². The van der Waals surface area contributed by atoms with E-state index in [1.165, 1.54) is 0 Å². The van der Waals surface area contributed by atoms with Gasteiger partial charge in [0.1, 0.15) is 0 Å². The number of carbonyl (C=O) groups excluding carboxylic acids is 2. The topological polar surface area (TPSA) is 99.2 Å². The van der Waals surface area contributed by atoms with Gasteiger partial charge in [-0.3, -0.25) is 14.6 Å². The van der Waals surface area contributed by atoms with Gasteiger partial charge in [-0.25, -0.2) is 0 Å². The highest BCUT2D eigenvalue weighted by molar-refractivity contribution is 5.95. The van der Waals surface area contributed by atoms with Crippen molar-refractivity contribution in [3.05, 3.63) is 65.7 Å². The van der Waals surface area contributed by atoms with Gasteiger partial charge in [-0.15, -0.1) is 0 Å². The fourth-order valence-corrected chi connectivity index (χ4v) is 4.89. The minimum Gasteiger partial charge on any atom is -0.449 e. The molecule has 1 aliphatic carbocycles. The van der Waals surface area contributed by atoms with E-state index in [-0.39, 0.29) is 23.7 Å². The van der Waals surface area contributed by atoms with Crippen molar-refractivity contribution in [3.8, 4) is 6.07 Å². The second kappa shape index (κ2) is 8.12. The largest absolute Gasteiger partial charge is 0.449 e. The number of rotatable bonds is 5. The molecule has 1 aliphatic heterocycles. The van der Waals surface area contributed by atoms with Gasteiger partial charge in [-0.1, -0.05) is 18.2 Å². The Hall–Kier alpha value is -3.66. The normalized spacial score (nSPS) is 19.0. The van der Waals surface area contributed by atoms with Crippen molar-refractivity contribution in [3.63, 3.8) is 0 Å². The van der Waals surface area contributed by atoms with Crippen molar-refractivity contribution in [1.29, 1.82) is 5.26 Å². The molecule has 0 bridgehead atoms. The lowest BCUT2D eigenvalue weighted by Crippen LogP contribution is -2.41. The Morgan fingerprint density at radius 3 is 2.84 bits per heavy atom. The fourth-order valence-electron chi connectivity index (χ4n) is 4.89. The van der Waals surface area contributed by atoms with Crippen molar-refractivity contribution < 1.29 is 14.0 Å². The average molecular weight is 428 g/mol. The van der Waals surface area contributed by atoms with Gasteiger partial charge in [0.2, 0.25) is 5.91 Å². The number of likely N-dealkylation sites (tertiary alicyclic amines) is 1. The zero-order valence-corrected chi connectivity index (χ0v) is 17.7. The van der Waals surface area contributed by atoms with E-state index in [0.717, 1.165) is 43.3 Å². The third-order valence-corrected chi connectivity index (χ3v) is 7.01. The lowest BCUT2D eigenvalue weighted by Gasteiger charge is -2.33. The van der Waals surface area contributed by atoms with Crippen LogP contribution in [0.4, 0.5) is 0 Å². The van der Waals surface area contributed by atoms with Crippen LogP contribution in [-0.4, -0.2) is 41.3 Å². The Morgan fingerprint density at radius 1 is 1.25 bits per heavy atom. The van der Waals surface area contributed by atoms with Gasteiger partial charge in [0, 0.05) is 31.2 Å². The zero-order chi connectivity index (χ0) is 22.1. The van der Waals surface area contributed by atoms with Crippen molar-refractivity contribution in [1.82, 2.24) is 15.2 Å². The van der Waals surface area contributed by atoms with E-state index in [9.17, 15) is 14.9 Å². The number of aromatic nitrogens is 1. The smallest absolute Gasteiger partial charge is 0.287 e. The molecule has 7 nitrogen and oxygen atoms in total. The number of nitrogens with zero attached hydrogens (tertiary/aromatic N) is 3. The number of piperidine rings is 1. The maximum absolute atomic E-state index is 12.7. The number of benzene rings is 1. The lowest BCUT2D eigenvalue weighted by molar-refractivity contribution is -0.132. The summed E-state index contributed by atoms with van der Waals surface area (Å²) in [4.78, 5) is 31.1. The Labute approximate surface area is 186 Å². The molecule has 3 heterocycles. The number of amides is 2. The van der Waals surface area contributed by atoms with Gasteiger partial charge in [0.05, 0.1) is 24.3 Å². The van der Waals surface area contributed by atoms with Crippen LogP contribution in [0.1, 0.15) is 40.9 Å². The van der Waals surface area contributed by atoms with Gasteiger partial charge < -0.3 is 14.6 Å². The Kier molecular flexibility index (Phi) is 5.14. The first kappa shape index (κ1) is 20.3. The monoisotopic (exact) mass is 428 g/mol. The highest BCUT2D eigenvalue weighted by Gasteiger charge is 2.54. The molecule has 7 heteroatoms. The molecule has 32 heavy (non-hydrogen) atoms. The second-order valence-corrected chi connectivity index (χ2v) is 8.82. The van der Waals surface area contributed by atoms with Crippen LogP contribution in [0.25, 0.3) is 11.0 Å². The van der Waals surface area contributed by atoms with E-state index >= 15 is 0 Å². The summed E-state index contributed by atoms with van der Waals surface area (Å²) in [5.41, 5.74) is 2.18. The molecule has 3 aromatic rings. The van der Waals surface area contributed by atoms with Gasteiger partial charge >= 0.3 is 0 Å². The predicted octanol–water partition coefficient (Wildman–Crippen LogP) is 3.30. The minimum atomic E-state index is -0.202. The summed E-state index contributed by atoms with van der Waals surface area (Å²) in [5, 5.41) is 13.1. The molecule has 1 aromatic carbocycles. The van der Waals surface area contributed by atoms with Crippen LogP contribution in [-0.2, 0) is 11.2 Å². The fraction of sp³-hybridized carbons (Fsp3) is 0.360. The lowest BCUT2D eigenvalue weighted by atomic mass is 9.90. The summed E-state index contributed by atoms with van der Waals surface area (Å²) in [7, 11) is 0. The third kappa shape index (κ3) is 3.84. The second-order valence-electron chi connectivity index (χ2n) is 8.82. The molecule has 2 fully saturated rings. The molecule has 1 saturated carbocycles. The van der Waals surface area contributed by atoms with Gasteiger partial charge in [-0.05, 0) is 54.4 Å². The summed E-state index contributed by atoms with van der Waals surface area (Å²) in [6, 6.07) is 13.0. The molecule has 5 rings (SSSR count). The molecule has 1 N–H and O–H groups in total. The van der Waals surface area contributed by atoms with E-state index in [0.29, 0.717) is 29.4 Å². The Morgan fingerprint density at radius 2 is 2.06 bits per heavy atom. The van der Waals surface area contributed by atoms with E-state index in [4.69, 9.17) is 4.42 Å². The molecule has 2 amide bonds. The highest BCUT2D eigenvalue weighted by Crippen LogP contribution is 2.59. The first-order valence-electron chi connectivity index (χ1n) is 11.0. The minimum absolute atomic E-state index is 0.0763. The van der Waals surface area contributed by atoms with Gasteiger partial charge in [-0.2, -0.15) is 5.26 Å². The molecular weight excluding hydrogens is 404 g/mol. The Balaban J connectivity index is 1.11. The number of furan rings is 1. The molecule has 1 saturated heterocycles. The quantitative estimate of drug-likeness (QED) is 0.672. The zero-order valence-electron chi connectivity index (χ0n) is 17.7. The van der Waals surface area contributed by atoms with Crippen LogP contribution >= 0.6 is 0 Å². The third-order valence-electron chi connectivity index (χ3n) is 7.01. The number of nitriles is 1. The maximum Gasteiger partial charge on any atom is 0.287 e. The number of pyridine rings is 1. The van der Waals surface area contributed by atoms with Crippen LogP contribution in [0.5, 0.6) is 0 Å². The van der Waals surface area contributed by atoms with Crippen LogP contribution in [0.2, 0.25) is 0 Å². The average Bonchev–Trinajstić information content (AvgIpc) is 3.29. The molecule has 2 aliphatic rings. The van der Waals surface area contributed by atoms with Gasteiger partial charge in [0.15, 0.2) is 11.3 Å². The molecule has 1 atom stereocenters. The first-order chi connectivity index (χ1) is 15.6. The number of nitrogens with one attached hydrogen (secondary N) is 1. The van der Waals surface area contributed by atoms with Crippen molar-refractivity contribution in [2.75, 3.05) is 19.6 Å². The molecule has 1 spiro atoms. The van der Waals surface area contributed by atoms with E-state index in [1.54, 1.807) is 24.5 Å². The Bertz CT molecular complexity index is 1180. The molecule has 0 radical (unpaired) electrons. The maximum atomic E-state index is 12.7. The van der Waals surface area contributed by atoms with Crippen molar-refractivity contribution in [2.24, 2.45) is 11.3 Å². The number of carbonyl (C=O) groups is 2. The summed E-state index contributed by atoms with van der Waals surface area (Å²) < 4.78 is 5.59. The summed E-state index contributed by atoms with van der Waals surface area (Å²) in [5.74, 6) is 0.620. The molecule has 1 unspecified atom stereocenters. The molecular formula is C25H24N4O3. The van der Waals surface area contributed by atoms with Crippen molar-refractivity contribution in [2.45, 2.75) is 25.7 Å². The number of fused-ring (bicyclic) bond motifs is 1. The van der Waals surface area contributed by atoms with E-state index in [2.05, 4.69) is 16.4 Å². The number of hydrogen-bond donors (Lipinski definition) is 1.